The van der Waals surface area contributed by atoms with Gasteiger partial charge in [0.25, 0.3) is 5.56 Å². The lowest BCUT2D eigenvalue weighted by molar-refractivity contribution is -0.185. The summed E-state index contributed by atoms with van der Waals surface area (Å²) in [7, 11) is 0. The molecule has 2 aliphatic heterocycles. The number of cyclic esters (lactones) is 1. The number of ether oxygens (including phenoxy) is 5. The number of rotatable bonds is 6. The van der Waals surface area contributed by atoms with Crippen LogP contribution in [0.2, 0.25) is 0 Å². The van der Waals surface area contributed by atoms with Gasteiger partial charge in [0, 0.05) is 16.5 Å². The van der Waals surface area contributed by atoms with Gasteiger partial charge in [0.05, 0.1) is 35.6 Å². The van der Waals surface area contributed by atoms with Gasteiger partial charge in [-0.15, -0.1) is 0 Å². The Morgan fingerprint density at radius 2 is 1.80 bits per heavy atom. The molecule has 4 heterocycles. The Labute approximate surface area is 259 Å². The van der Waals surface area contributed by atoms with Crippen LogP contribution in [-0.4, -0.2) is 56.9 Å². The minimum Gasteiger partial charge on any atom is -0.458 e. The number of aryl methyl sites for hydroxylation is 1. The number of nitrogens with one attached hydrogen (secondary N) is 1. The highest BCUT2D eigenvalue weighted by Crippen LogP contribution is 2.39. The second kappa shape index (κ2) is 11.8. The van der Waals surface area contributed by atoms with E-state index in [2.05, 4.69) is 5.32 Å². The zero-order valence-corrected chi connectivity index (χ0v) is 26.3. The second-order valence-electron chi connectivity index (χ2n) is 12.8. The molecule has 0 saturated heterocycles. The van der Waals surface area contributed by atoms with Crippen molar-refractivity contribution in [3.63, 3.8) is 0 Å². The van der Waals surface area contributed by atoms with E-state index in [1.807, 2.05) is 6.92 Å². The summed E-state index contributed by atoms with van der Waals surface area (Å²) in [6.45, 7) is 11.9. The van der Waals surface area contributed by atoms with E-state index < -0.39 is 41.8 Å². The first-order valence-corrected chi connectivity index (χ1v) is 14.6. The first-order chi connectivity index (χ1) is 21.0. The Balaban J connectivity index is 1.46. The van der Waals surface area contributed by atoms with Crippen LogP contribution in [0.3, 0.4) is 0 Å². The van der Waals surface area contributed by atoms with Crippen LogP contribution in [-0.2, 0) is 43.3 Å². The Morgan fingerprint density at radius 3 is 2.47 bits per heavy atom. The molecule has 3 aromatic rings. The third-order valence-electron chi connectivity index (χ3n) is 7.08. The quantitative estimate of drug-likeness (QED) is 0.136. The summed E-state index contributed by atoms with van der Waals surface area (Å²) >= 11 is 0. The van der Waals surface area contributed by atoms with Gasteiger partial charge < -0.3 is 38.7 Å². The van der Waals surface area contributed by atoms with Crippen LogP contribution in [0.4, 0.5) is 9.59 Å². The molecule has 0 bridgehead atoms. The van der Waals surface area contributed by atoms with Gasteiger partial charge in [-0.2, -0.15) is 0 Å². The zero-order valence-electron chi connectivity index (χ0n) is 26.3. The lowest BCUT2D eigenvalue weighted by atomic mass is 9.97. The predicted molar refractivity (Wildman–Crippen MR) is 161 cm³/mol. The van der Waals surface area contributed by atoms with Crippen LogP contribution >= 0.6 is 0 Å². The molecule has 13 heteroatoms. The van der Waals surface area contributed by atoms with Crippen LogP contribution in [0.5, 0.6) is 5.75 Å². The van der Waals surface area contributed by atoms with E-state index in [0.29, 0.717) is 29.1 Å². The summed E-state index contributed by atoms with van der Waals surface area (Å²) in [5.41, 5.74) is 2.09. The predicted octanol–water partition coefficient (Wildman–Crippen LogP) is 4.26. The fourth-order valence-corrected chi connectivity index (χ4v) is 5.33. The average Bonchev–Trinajstić information content (AvgIpc) is 3.28. The zero-order chi connectivity index (χ0) is 32.8. The van der Waals surface area contributed by atoms with Gasteiger partial charge in [0.2, 0.25) is 0 Å². The number of hydrogen-bond donors (Lipinski definition) is 2. The number of aliphatic hydroxyl groups is 1. The van der Waals surface area contributed by atoms with Crippen molar-refractivity contribution < 1.29 is 43.2 Å². The van der Waals surface area contributed by atoms with Gasteiger partial charge in [-0.05, 0) is 77.8 Å². The fourth-order valence-electron chi connectivity index (χ4n) is 5.33. The number of amides is 1. The molecule has 0 radical (unpaired) electrons. The van der Waals surface area contributed by atoms with Crippen LogP contribution in [0.15, 0.2) is 29.1 Å². The Morgan fingerprint density at radius 1 is 1.09 bits per heavy atom. The minimum absolute atomic E-state index is 0.221. The third-order valence-corrected chi connectivity index (χ3v) is 7.08. The molecule has 240 valence electrons. The molecule has 45 heavy (non-hydrogen) atoms. The number of nitrogens with zero attached hydrogens (tertiary/aromatic N) is 2. The van der Waals surface area contributed by atoms with Crippen molar-refractivity contribution >= 4 is 29.1 Å². The maximum atomic E-state index is 13.7. The number of aliphatic hydroxyl groups excluding tert-OH is 1. The topological polar surface area (TPSA) is 165 Å². The van der Waals surface area contributed by atoms with Crippen molar-refractivity contribution in [3.8, 4) is 17.1 Å². The van der Waals surface area contributed by atoms with Crippen LogP contribution < -0.4 is 15.6 Å². The van der Waals surface area contributed by atoms with E-state index in [1.165, 1.54) is 0 Å². The lowest BCUT2D eigenvalue weighted by Gasteiger charge is -2.27. The van der Waals surface area contributed by atoms with E-state index >= 15 is 0 Å². The van der Waals surface area contributed by atoms with Crippen LogP contribution in [0, 0.1) is 0 Å². The Bertz CT molecular complexity index is 1750. The van der Waals surface area contributed by atoms with Crippen molar-refractivity contribution in [1.82, 2.24) is 14.9 Å². The fraction of sp³-hybridized carbons (Fsp3) is 0.469. The van der Waals surface area contributed by atoms with Gasteiger partial charge >= 0.3 is 18.2 Å². The number of fused-ring (bicyclic) bond motifs is 5. The summed E-state index contributed by atoms with van der Waals surface area (Å²) in [6, 6.07) is 6.74. The molecule has 2 unspecified atom stereocenters. The standard InChI is InChI=1S/C32H37N3O10/c1-8-17-18-11-16(42-30(40)45-32(5,6)7)9-10-22(18)34-25-20(17)14-35-23(25)12-19-21(27(35)37)15-41-28(38)26(19)43-24(36)13-33-29(39)44-31(2,3)4/h9-12,24,26,36H,8,13-15H2,1-7H3,(H,33,39). The summed E-state index contributed by atoms with van der Waals surface area (Å²) in [5, 5.41) is 13.7. The number of aromatic nitrogens is 2. The molecule has 0 spiro atoms. The maximum Gasteiger partial charge on any atom is 0.514 e. The van der Waals surface area contributed by atoms with Crippen molar-refractivity contribution in [2.45, 2.75) is 91.6 Å². The number of alkyl carbamates (subject to hydrolysis) is 1. The molecule has 0 saturated carbocycles. The average molecular weight is 624 g/mol. The smallest absolute Gasteiger partial charge is 0.458 e. The van der Waals surface area contributed by atoms with Gasteiger partial charge in [-0.3, -0.25) is 4.79 Å². The van der Waals surface area contributed by atoms with Crippen molar-refractivity contribution in [2.24, 2.45) is 0 Å². The Hall–Kier alpha value is -4.49. The molecule has 1 aromatic carbocycles. The SMILES string of the molecule is CCc1c2c(nc3ccc(OC(=O)OC(C)(C)C)cc13)-c1cc3c(c(=O)n1C2)COC(=O)C3OC(O)CNC(=O)OC(C)(C)C. The number of esters is 1. The molecule has 2 aliphatic rings. The number of pyridine rings is 2. The van der Waals surface area contributed by atoms with Gasteiger partial charge in [0.1, 0.15) is 23.6 Å². The highest BCUT2D eigenvalue weighted by atomic mass is 16.7. The number of carbonyl (C=O) groups excluding carboxylic acids is 3. The minimum atomic E-state index is -1.60. The summed E-state index contributed by atoms with van der Waals surface area (Å²) in [5.74, 6) is -0.480. The lowest BCUT2D eigenvalue weighted by Crippen LogP contribution is -2.40. The maximum absolute atomic E-state index is 13.7. The highest BCUT2D eigenvalue weighted by Gasteiger charge is 2.37. The molecular weight excluding hydrogens is 586 g/mol. The largest absolute Gasteiger partial charge is 0.514 e. The monoisotopic (exact) mass is 623 g/mol. The molecule has 0 aliphatic carbocycles. The van der Waals surface area contributed by atoms with E-state index in [9.17, 15) is 24.3 Å². The van der Waals surface area contributed by atoms with Gasteiger partial charge in [0.15, 0.2) is 12.4 Å². The molecule has 2 atom stereocenters. The van der Waals surface area contributed by atoms with Crippen molar-refractivity contribution in [3.05, 3.63) is 56.9 Å². The number of carbonyl (C=O) groups is 3. The molecule has 2 N–H and O–H groups in total. The molecule has 13 nitrogen and oxygen atoms in total. The normalized spacial score (nSPS) is 16.3. The summed E-state index contributed by atoms with van der Waals surface area (Å²) in [4.78, 5) is 55.6. The van der Waals surface area contributed by atoms with Crippen LogP contribution in [0.25, 0.3) is 22.3 Å². The molecular formula is C32H37N3O10. The van der Waals surface area contributed by atoms with Crippen LogP contribution in [0.1, 0.15) is 76.8 Å². The molecule has 2 aromatic heterocycles. The van der Waals surface area contributed by atoms with Gasteiger partial charge in [-0.1, -0.05) is 6.92 Å². The first kappa shape index (κ1) is 31.9. The first-order valence-electron chi connectivity index (χ1n) is 14.6. The van der Waals surface area contributed by atoms with Crippen molar-refractivity contribution in [1.29, 1.82) is 0 Å². The van der Waals surface area contributed by atoms with E-state index in [4.69, 9.17) is 28.7 Å². The van der Waals surface area contributed by atoms with Crippen molar-refractivity contribution in [2.75, 3.05) is 6.54 Å². The Kier molecular flexibility index (Phi) is 8.36. The summed E-state index contributed by atoms with van der Waals surface area (Å²) in [6.07, 6.45) is -4.00. The van der Waals surface area contributed by atoms with Gasteiger partial charge in [-0.25, -0.2) is 19.4 Å². The third kappa shape index (κ3) is 6.79. The number of hydrogen-bond acceptors (Lipinski definition) is 11. The van der Waals surface area contributed by atoms with E-state index in [1.54, 1.807) is 70.4 Å². The second-order valence-corrected chi connectivity index (χ2v) is 12.8. The summed E-state index contributed by atoms with van der Waals surface area (Å²) < 4.78 is 28.3. The molecule has 0 fully saturated rings. The number of benzene rings is 1. The molecule has 5 rings (SSSR count). The molecule has 1 amide bonds. The van der Waals surface area contributed by atoms with E-state index in [-0.39, 0.29) is 36.4 Å². The highest BCUT2D eigenvalue weighted by molar-refractivity contribution is 5.90. The van der Waals surface area contributed by atoms with E-state index in [0.717, 1.165) is 16.5 Å².